The molecule has 1 saturated carbocycles. The highest BCUT2D eigenvalue weighted by Gasteiger charge is 2.43. The number of hydrogen-bond donors (Lipinski definition) is 1. The zero-order valence-electron chi connectivity index (χ0n) is 11.2. The van der Waals surface area contributed by atoms with E-state index in [1.165, 1.54) is 0 Å². The summed E-state index contributed by atoms with van der Waals surface area (Å²) >= 11 is 0. The molecule has 0 aliphatic heterocycles. The van der Waals surface area contributed by atoms with Crippen LogP contribution in [0.1, 0.15) is 24.4 Å². The summed E-state index contributed by atoms with van der Waals surface area (Å²) in [5.41, 5.74) is 8.75. The second-order valence-corrected chi connectivity index (χ2v) is 5.11. The van der Waals surface area contributed by atoms with Gasteiger partial charge in [0.15, 0.2) is 0 Å². The van der Waals surface area contributed by atoms with Gasteiger partial charge in [0.25, 0.3) is 0 Å². The van der Waals surface area contributed by atoms with E-state index in [2.05, 4.69) is 9.97 Å². The molecule has 3 rings (SSSR count). The van der Waals surface area contributed by atoms with Crippen LogP contribution in [0.5, 0.6) is 5.75 Å². The summed E-state index contributed by atoms with van der Waals surface area (Å²) in [6.07, 6.45) is 1.93. The molecule has 4 nitrogen and oxygen atoms in total. The summed E-state index contributed by atoms with van der Waals surface area (Å²) < 4.78 is 5.25. The molecular formula is C15H17N3O. The first-order valence-corrected chi connectivity index (χ1v) is 6.40. The largest absolute Gasteiger partial charge is 0.497 e. The molecule has 0 radical (unpaired) electrons. The Morgan fingerprint density at radius 3 is 2.68 bits per heavy atom. The molecule has 98 valence electrons. The molecule has 1 aromatic heterocycles. The Kier molecular flexibility index (Phi) is 2.75. The highest BCUT2D eigenvalue weighted by atomic mass is 16.5. The van der Waals surface area contributed by atoms with E-state index in [-0.39, 0.29) is 5.54 Å². The zero-order valence-corrected chi connectivity index (χ0v) is 11.2. The molecule has 2 N–H and O–H groups in total. The van der Waals surface area contributed by atoms with E-state index in [1.54, 1.807) is 7.11 Å². The van der Waals surface area contributed by atoms with E-state index in [4.69, 9.17) is 10.5 Å². The Labute approximate surface area is 112 Å². The summed E-state index contributed by atoms with van der Waals surface area (Å²) in [7, 11) is 1.66. The van der Waals surface area contributed by atoms with Gasteiger partial charge < -0.3 is 10.5 Å². The third-order valence-electron chi connectivity index (χ3n) is 3.45. The molecule has 1 heterocycles. The van der Waals surface area contributed by atoms with Crippen LogP contribution in [-0.2, 0) is 5.54 Å². The van der Waals surface area contributed by atoms with E-state index in [1.807, 2.05) is 37.3 Å². The van der Waals surface area contributed by atoms with Crippen molar-refractivity contribution in [2.75, 3.05) is 7.11 Å². The number of nitrogens with zero attached hydrogens (tertiary/aromatic N) is 2. The Bertz CT molecular complexity index is 621. The molecule has 1 aromatic carbocycles. The number of aromatic nitrogens is 2. The van der Waals surface area contributed by atoms with Gasteiger partial charge in [0.2, 0.25) is 0 Å². The molecule has 0 bridgehead atoms. The van der Waals surface area contributed by atoms with Crippen molar-refractivity contribution in [1.82, 2.24) is 9.97 Å². The Morgan fingerprint density at radius 1 is 1.21 bits per heavy atom. The fourth-order valence-corrected chi connectivity index (χ4v) is 2.08. The van der Waals surface area contributed by atoms with Crippen LogP contribution >= 0.6 is 0 Å². The Morgan fingerprint density at radius 2 is 2.00 bits per heavy atom. The topological polar surface area (TPSA) is 61.0 Å². The summed E-state index contributed by atoms with van der Waals surface area (Å²) in [5, 5.41) is 0. The number of ether oxygens (including phenoxy) is 1. The SMILES string of the molecule is COc1cccc(-c2cc(C)nc(C3(N)CC3)n2)c1. The lowest BCUT2D eigenvalue weighted by Crippen LogP contribution is -2.22. The van der Waals surface area contributed by atoms with Crippen molar-refractivity contribution >= 4 is 0 Å². The molecule has 2 aromatic rings. The van der Waals surface area contributed by atoms with Gasteiger partial charge in [-0.3, -0.25) is 0 Å². The van der Waals surface area contributed by atoms with Gasteiger partial charge in [-0.05, 0) is 38.0 Å². The highest BCUT2D eigenvalue weighted by molar-refractivity contribution is 5.61. The molecule has 1 aliphatic rings. The van der Waals surface area contributed by atoms with Crippen molar-refractivity contribution in [3.05, 3.63) is 41.9 Å². The zero-order chi connectivity index (χ0) is 13.5. The number of nitrogens with two attached hydrogens (primary N) is 1. The average molecular weight is 255 g/mol. The van der Waals surface area contributed by atoms with Crippen molar-refractivity contribution < 1.29 is 4.74 Å². The minimum atomic E-state index is -0.306. The van der Waals surface area contributed by atoms with Gasteiger partial charge in [0.1, 0.15) is 11.6 Å². The molecule has 1 fully saturated rings. The average Bonchev–Trinajstić information content (AvgIpc) is 3.17. The molecule has 1 aliphatic carbocycles. The van der Waals surface area contributed by atoms with Gasteiger partial charge in [-0.2, -0.15) is 0 Å². The lowest BCUT2D eigenvalue weighted by molar-refractivity contribution is 0.415. The monoisotopic (exact) mass is 255 g/mol. The summed E-state index contributed by atoms with van der Waals surface area (Å²) in [6.45, 7) is 1.97. The molecule has 4 heteroatoms. The standard InChI is InChI=1S/C15H17N3O/c1-10-8-13(11-4-3-5-12(9-11)19-2)18-14(17-10)15(16)6-7-15/h3-5,8-9H,6-7,16H2,1-2H3. The minimum absolute atomic E-state index is 0.306. The molecule has 0 saturated heterocycles. The summed E-state index contributed by atoms with van der Waals surface area (Å²) in [5.74, 6) is 1.58. The van der Waals surface area contributed by atoms with E-state index in [0.717, 1.165) is 41.4 Å². The van der Waals surface area contributed by atoms with Crippen LogP contribution in [0.25, 0.3) is 11.3 Å². The van der Waals surface area contributed by atoms with Crippen LogP contribution < -0.4 is 10.5 Å². The van der Waals surface area contributed by atoms with Crippen molar-refractivity contribution in [3.63, 3.8) is 0 Å². The van der Waals surface area contributed by atoms with Crippen LogP contribution in [-0.4, -0.2) is 17.1 Å². The van der Waals surface area contributed by atoms with Crippen LogP contribution in [0.3, 0.4) is 0 Å². The van der Waals surface area contributed by atoms with Crippen molar-refractivity contribution in [2.45, 2.75) is 25.3 Å². The van der Waals surface area contributed by atoms with E-state index < -0.39 is 0 Å². The second kappa shape index (κ2) is 4.31. The maximum atomic E-state index is 6.19. The number of benzene rings is 1. The van der Waals surface area contributed by atoms with Crippen LogP contribution in [0.4, 0.5) is 0 Å². The first-order chi connectivity index (χ1) is 9.10. The van der Waals surface area contributed by atoms with Gasteiger partial charge in [-0.1, -0.05) is 12.1 Å². The quantitative estimate of drug-likeness (QED) is 0.915. The van der Waals surface area contributed by atoms with Crippen LogP contribution in [0, 0.1) is 6.92 Å². The first-order valence-electron chi connectivity index (χ1n) is 6.40. The van der Waals surface area contributed by atoms with Gasteiger partial charge in [0, 0.05) is 11.3 Å². The predicted molar refractivity (Wildman–Crippen MR) is 73.9 cm³/mol. The smallest absolute Gasteiger partial charge is 0.149 e. The third-order valence-corrected chi connectivity index (χ3v) is 3.45. The molecule has 0 spiro atoms. The summed E-state index contributed by atoms with van der Waals surface area (Å²) in [4.78, 5) is 9.09. The number of aryl methyl sites for hydroxylation is 1. The number of hydrogen-bond acceptors (Lipinski definition) is 4. The third kappa shape index (κ3) is 2.31. The van der Waals surface area contributed by atoms with Gasteiger partial charge in [-0.25, -0.2) is 9.97 Å². The van der Waals surface area contributed by atoms with Crippen LogP contribution in [0.15, 0.2) is 30.3 Å². The molecule has 0 unspecified atom stereocenters. The van der Waals surface area contributed by atoms with Gasteiger partial charge in [-0.15, -0.1) is 0 Å². The predicted octanol–water partition coefficient (Wildman–Crippen LogP) is 2.41. The Balaban J connectivity index is 2.06. The van der Waals surface area contributed by atoms with E-state index >= 15 is 0 Å². The normalized spacial score (nSPS) is 16.2. The minimum Gasteiger partial charge on any atom is -0.497 e. The fourth-order valence-electron chi connectivity index (χ4n) is 2.08. The van der Waals surface area contributed by atoms with Gasteiger partial charge in [0.05, 0.1) is 18.3 Å². The van der Waals surface area contributed by atoms with Crippen molar-refractivity contribution in [1.29, 1.82) is 0 Å². The maximum absolute atomic E-state index is 6.19. The number of methoxy groups -OCH3 is 1. The molecule has 0 atom stereocenters. The lowest BCUT2D eigenvalue weighted by Gasteiger charge is -2.11. The fraction of sp³-hybridized carbons (Fsp3) is 0.333. The Hall–Kier alpha value is -1.94. The maximum Gasteiger partial charge on any atom is 0.149 e. The van der Waals surface area contributed by atoms with Gasteiger partial charge >= 0.3 is 0 Å². The lowest BCUT2D eigenvalue weighted by atomic mass is 10.1. The molecular weight excluding hydrogens is 238 g/mol. The summed E-state index contributed by atoms with van der Waals surface area (Å²) in [6, 6.07) is 9.85. The van der Waals surface area contributed by atoms with Crippen LogP contribution in [0.2, 0.25) is 0 Å². The number of rotatable bonds is 3. The van der Waals surface area contributed by atoms with Crippen molar-refractivity contribution in [2.24, 2.45) is 5.73 Å². The second-order valence-electron chi connectivity index (χ2n) is 5.11. The molecule has 19 heavy (non-hydrogen) atoms. The van der Waals surface area contributed by atoms with E-state index in [9.17, 15) is 0 Å². The van der Waals surface area contributed by atoms with E-state index in [0.29, 0.717) is 0 Å². The van der Waals surface area contributed by atoms with Crippen molar-refractivity contribution in [3.8, 4) is 17.0 Å². The molecule has 0 amide bonds. The highest BCUT2D eigenvalue weighted by Crippen LogP contribution is 2.41. The first kappa shape index (κ1) is 12.1.